The summed E-state index contributed by atoms with van der Waals surface area (Å²) in [5, 5.41) is 2.95. The zero-order valence-electron chi connectivity index (χ0n) is 17.7. The van der Waals surface area contributed by atoms with Crippen LogP contribution in [0.1, 0.15) is 43.4 Å². The molecule has 7 heteroatoms. The number of anilines is 1. The van der Waals surface area contributed by atoms with Crippen LogP contribution < -0.4 is 10.2 Å². The van der Waals surface area contributed by atoms with Crippen LogP contribution in [0.4, 0.5) is 15.0 Å². The molecule has 0 atom stereocenters. The Balaban J connectivity index is 1.85. The molecule has 1 fully saturated rings. The summed E-state index contributed by atoms with van der Waals surface area (Å²) >= 11 is 0. The maximum atomic E-state index is 14.3. The lowest BCUT2D eigenvalue weighted by Crippen LogP contribution is -2.53. The van der Waals surface area contributed by atoms with E-state index in [4.69, 9.17) is 4.98 Å². The van der Waals surface area contributed by atoms with E-state index in [1.54, 1.807) is 6.07 Å². The lowest BCUT2D eigenvalue weighted by molar-refractivity contribution is 0.191. The second-order valence-electron chi connectivity index (χ2n) is 7.72. The monoisotopic (exact) mass is 399 g/mol. The molecule has 3 rings (SSSR count). The molecule has 2 heterocycles. The summed E-state index contributed by atoms with van der Waals surface area (Å²) in [6.45, 7) is 10.5. The van der Waals surface area contributed by atoms with Crippen molar-refractivity contribution < 1.29 is 9.18 Å². The molecule has 0 bridgehead atoms. The Hall–Kier alpha value is -2.70. The molecule has 156 valence electrons. The van der Waals surface area contributed by atoms with Crippen LogP contribution in [0.2, 0.25) is 0 Å². The van der Waals surface area contributed by atoms with Crippen molar-refractivity contribution in [3.63, 3.8) is 0 Å². The third kappa shape index (κ3) is 5.02. The van der Waals surface area contributed by atoms with Crippen LogP contribution in [0.3, 0.4) is 0 Å². The minimum absolute atomic E-state index is 0.0284. The van der Waals surface area contributed by atoms with E-state index in [0.717, 1.165) is 23.5 Å². The molecule has 1 aromatic heterocycles. The number of halogens is 1. The Morgan fingerprint density at radius 2 is 1.86 bits per heavy atom. The van der Waals surface area contributed by atoms with Gasteiger partial charge in [-0.1, -0.05) is 25.1 Å². The Bertz CT molecular complexity index is 862. The van der Waals surface area contributed by atoms with Gasteiger partial charge >= 0.3 is 6.03 Å². The van der Waals surface area contributed by atoms with Gasteiger partial charge in [0.1, 0.15) is 17.5 Å². The summed E-state index contributed by atoms with van der Waals surface area (Å²) in [5.74, 6) is 1.37. The third-order valence-electron chi connectivity index (χ3n) is 5.12. The number of hydrogen-bond donors (Lipinski definition) is 1. The Morgan fingerprint density at radius 3 is 2.48 bits per heavy atom. The second kappa shape index (κ2) is 9.20. The van der Waals surface area contributed by atoms with Crippen LogP contribution in [0.5, 0.6) is 0 Å². The van der Waals surface area contributed by atoms with Crippen LogP contribution in [0, 0.1) is 12.7 Å². The highest BCUT2D eigenvalue weighted by atomic mass is 19.1. The molecule has 6 nitrogen and oxygen atoms in total. The fourth-order valence-electron chi connectivity index (χ4n) is 3.66. The van der Waals surface area contributed by atoms with E-state index in [-0.39, 0.29) is 17.9 Å². The predicted octanol–water partition coefficient (Wildman–Crippen LogP) is 3.32. The fraction of sp³-hybridized carbons (Fsp3) is 0.500. The molecule has 2 aromatic rings. The van der Waals surface area contributed by atoms with Crippen LogP contribution in [0.15, 0.2) is 24.3 Å². The van der Waals surface area contributed by atoms with Gasteiger partial charge < -0.3 is 15.1 Å². The fourth-order valence-corrected chi connectivity index (χ4v) is 3.66. The van der Waals surface area contributed by atoms with Crippen molar-refractivity contribution in [1.82, 2.24) is 20.2 Å². The summed E-state index contributed by atoms with van der Waals surface area (Å²) in [7, 11) is 0. The van der Waals surface area contributed by atoms with Crippen LogP contribution >= 0.6 is 0 Å². The van der Waals surface area contributed by atoms with Crippen molar-refractivity contribution in [2.45, 2.75) is 46.6 Å². The first-order valence-electron chi connectivity index (χ1n) is 10.3. The van der Waals surface area contributed by atoms with E-state index >= 15 is 0 Å². The van der Waals surface area contributed by atoms with E-state index in [2.05, 4.69) is 22.1 Å². The molecule has 1 aromatic carbocycles. The number of rotatable bonds is 5. The number of aromatic nitrogens is 2. The van der Waals surface area contributed by atoms with Gasteiger partial charge in [0.15, 0.2) is 0 Å². The predicted molar refractivity (Wildman–Crippen MR) is 113 cm³/mol. The number of benzene rings is 1. The minimum atomic E-state index is -0.212. The van der Waals surface area contributed by atoms with Crippen LogP contribution in [-0.4, -0.2) is 53.1 Å². The van der Waals surface area contributed by atoms with E-state index in [0.29, 0.717) is 44.0 Å². The van der Waals surface area contributed by atoms with Crippen molar-refractivity contribution in [3.05, 3.63) is 52.7 Å². The Kier molecular flexibility index (Phi) is 6.67. The SMILES string of the molecule is CCc1nc(C)nc(N2CCN(C(=O)NC(C)C)CC2)c1Cc1ccccc1F. The van der Waals surface area contributed by atoms with Gasteiger partial charge in [0, 0.05) is 49.9 Å². The number of piperazine rings is 1. The summed E-state index contributed by atoms with van der Waals surface area (Å²) < 4.78 is 14.3. The van der Waals surface area contributed by atoms with Gasteiger partial charge in [-0.15, -0.1) is 0 Å². The quantitative estimate of drug-likeness (QED) is 0.838. The first-order valence-corrected chi connectivity index (χ1v) is 10.3. The first kappa shape index (κ1) is 21.0. The number of nitrogens with one attached hydrogen (secondary N) is 1. The standard InChI is InChI=1S/C22H30FN5O/c1-5-20-18(14-17-8-6-7-9-19(17)23)21(26-16(4)25-20)27-10-12-28(13-11-27)22(29)24-15(2)3/h6-9,15H,5,10-14H2,1-4H3,(H,24,29). The largest absolute Gasteiger partial charge is 0.353 e. The van der Waals surface area contributed by atoms with Crippen molar-refractivity contribution in [2.75, 3.05) is 31.1 Å². The molecule has 1 N–H and O–H groups in total. The average molecular weight is 400 g/mol. The third-order valence-corrected chi connectivity index (χ3v) is 5.12. The van der Waals surface area contributed by atoms with Gasteiger partial charge in [-0.05, 0) is 38.8 Å². The van der Waals surface area contributed by atoms with E-state index in [1.165, 1.54) is 6.07 Å². The molecule has 0 spiro atoms. The van der Waals surface area contributed by atoms with Crippen LogP contribution in [0.25, 0.3) is 0 Å². The van der Waals surface area contributed by atoms with Crippen LogP contribution in [-0.2, 0) is 12.8 Å². The second-order valence-corrected chi connectivity index (χ2v) is 7.72. The number of hydrogen-bond acceptors (Lipinski definition) is 4. The summed E-state index contributed by atoms with van der Waals surface area (Å²) in [6, 6.07) is 6.94. The molecule has 1 aliphatic rings. The molecule has 0 unspecified atom stereocenters. The normalized spacial score (nSPS) is 14.4. The maximum Gasteiger partial charge on any atom is 0.317 e. The molecule has 29 heavy (non-hydrogen) atoms. The Morgan fingerprint density at radius 1 is 1.17 bits per heavy atom. The van der Waals surface area contributed by atoms with Gasteiger partial charge in [0.2, 0.25) is 0 Å². The van der Waals surface area contributed by atoms with Gasteiger partial charge in [-0.2, -0.15) is 0 Å². The number of nitrogens with zero attached hydrogens (tertiary/aromatic N) is 4. The molecule has 0 saturated carbocycles. The topological polar surface area (TPSA) is 61.4 Å². The first-order chi connectivity index (χ1) is 13.9. The zero-order chi connectivity index (χ0) is 21.0. The van der Waals surface area contributed by atoms with Gasteiger partial charge in [-0.25, -0.2) is 19.2 Å². The van der Waals surface area contributed by atoms with Crippen molar-refractivity contribution in [2.24, 2.45) is 0 Å². The molecule has 0 aliphatic carbocycles. The maximum absolute atomic E-state index is 14.3. The Labute approximate surface area is 172 Å². The van der Waals surface area contributed by atoms with Gasteiger partial charge in [-0.3, -0.25) is 0 Å². The lowest BCUT2D eigenvalue weighted by Gasteiger charge is -2.37. The van der Waals surface area contributed by atoms with E-state index in [9.17, 15) is 9.18 Å². The molecular formula is C22H30FN5O. The molecule has 2 amide bonds. The van der Waals surface area contributed by atoms with Gasteiger partial charge in [0.05, 0.1) is 0 Å². The minimum Gasteiger partial charge on any atom is -0.353 e. The number of urea groups is 1. The average Bonchev–Trinajstić information content (AvgIpc) is 2.70. The zero-order valence-corrected chi connectivity index (χ0v) is 17.7. The highest BCUT2D eigenvalue weighted by Crippen LogP contribution is 2.26. The summed E-state index contributed by atoms with van der Waals surface area (Å²) in [5.41, 5.74) is 2.57. The van der Waals surface area contributed by atoms with Crippen molar-refractivity contribution in [3.8, 4) is 0 Å². The van der Waals surface area contributed by atoms with E-state index in [1.807, 2.05) is 37.8 Å². The van der Waals surface area contributed by atoms with Crippen molar-refractivity contribution in [1.29, 1.82) is 0 Å². The van der Waals surface area contributed by atoms with Crippen molar-refractivity contribution >= 4 is 11.8 Å². The molecule has 1 aliphatic heterocycles. The summed E-state index contributed by atoms with van der Waals surface area (Å²) in [4.78, 5) is 25.7. The van der Waals surface area contributed by atoms with E-state index < -0.39 is 0 Å². The number of amides is 2. The highest BCUT2D eigenvalue weighted by Gasteiger charge is 2.25. The smallest absolute Gasteiger partial charge is 0.317 e. The molecular weight excluding hydrogens is 369 g/mol. The molecule has 1 saturated heterocycles. The molecule has 0 radical (unpaired) electrons. The number of aryl methyl sites for hydroxylation is 2. The lowest BCUT2D eigenvalue weighted by atomic mass is 10.0. The van der Waals surface area contributed by atoms with Gasteiger partial charge in [0.25, 0.3) is 0 Å². The number of carbonyl (C=O) groups is 1. The number of carbonyl (C=O) groups excluding carboxylic acids is 1. The summed E-state index contributed by atoms with van der Waals surface area (Å²) in [6.07, 6.45) is 1.22. The highest BCUT2D eigenvalue weighted by molar-refractivity contribution is 5.74.